The molecule has 2 saturated heterocycles. The van der Waals surface area contributed by atoms with Crippen LogP contribution in [0.5, 0.6) is 0 Å². The van der Waals surface area contributed by atoms with Gasteiger partial charge in [-0.05, 0) is 63.3 Å². The summed E-state index contributed by atoms with van der Waals surface area (Å²) >= 11 is 0. The molecule has 0 bridgehead atoms. The van der Waals surface area contributed by atoms with Crippen LogP contribution in [0.3, 0.4) is 0 Å². The lowest BCUT2D eigenvalue weighted by Crippen LogP contribution is -2.32. The second-order valence-electron chi connectivity index (χ2n) is 8.11. The minimum absolute atomic E-state index is 0.0147. The van der Waals surface area contributed by atoms with Crippen molar-refractivity contribution in [3.8, 4) is 0 Å². The van der Waals surface area contributed by atoms with Crippen molar-refractivity contribution < 1.29 is 4.79 Å². The Morgan fingerprint density at radius 1 is 0.862 bits per heavy atom. The molecule has 0 saturated carbocycles. The van der Waals surface area contributed by atoms with Crippen LogP contribution in [0.15, 0.2) is 30.3 Å². The highest BCUT2D eigenvalue weighted by atomic mass is 16.2. The van der Waals surface area contributed by atoms with Crippen molar-refractivity contribution in [2.45, 2.75) is 51.9 Å². The van der Waals surface area contributed by atoms with E-state index in [1.807, 2.05) is 11.8 Å². The molecule has 3 heterocycles. The molecule has 1 aromatic heterocycles. The number of piperidine rings is 1. The van der Waals surface area contributed by atoms with Crippen molar-refractivity contribution in [1.29, 1.82) is 0 Å². The van der Waals surface area contributed by atoms with Crippen LogP contribution in [0, 0.1) is 6.92 Å². The lowest BCUT2D eigenvalue weighted by atomic mass is 10.1. The minimum atomic E-state index is 0.0147. The molecule has 0 atom stereocenters. The number of carbonyl (C=O) groups is 1. The Morgan fingerprint density at radius 2 is 1.48 bits per heavy atom. The zero-order chi connectivity index (χ0) is 20.1. The molecule has 0 aliphatic carbocycles. The molecule has 154 valence electrons. The van der Waals surface area contributed by atoms with Crippen molar-refractivity contribution in [3.05, 3.63) is 41.9 Å². The van der Waals surface area contributed by atoms with Gasteiger partial charge in [0.15, 0.2) is 0 Å². The standard InChI is InChI=1S/C23H31N5O/c1-18-24-21(23(29)28-15-5-2-3-6-16-28)17-22(25-18)26-19-9-11-20(12-10-19)27-13-7-4-8-14-27/h9-12,17H,2-8,13-16H2,1H3,(H,24,25,26). The minimum Gasteiger partial charge on any atom is -0.372 e. The summed E-state index contributed by atoms with van der Waals surface area (Å²) < 4.78 is 0. The highest BCUT2D eigenvalue weighted by Gasteiger charge is 2.20. The fraction of sp³-hybridized carbons (Fsp3) is 0.522. The molecule has 1 aromatic carbocycles. The summed E-state index contributed by atoms with van der Waals surface area (Å²) in [5, 5.41) is 3.35. The first-order valence-electron chi connectivity index (χ1n) is 11.0. The van der Waals surface area contributed by atoms with E-state index in [-0.39, 0.29) is 5.91 Å². The van der Waals surface area contributed by atoms with Crippen LogP contribution in [0.1, 0.15) is 61.3 Å². The van der Waals surface area contributed by atoms with Crippen LogP contribution in [-0.4, -0.2) is 47.0 Å². The molecule has 4 rings (SSSR count). The maximum atomic E-state index is 12.9. The molecule has 1 N–H and O–H groups in total. The fourth-order valence-electron chi connectivity index (χ4n) is 4.23. The van der Waals surface area contributed by atoms with Gasteiger partial charge >= 0.3 is 0 Å². The normalized spacial score (nSPS) is 17.7. The highest BCUT2D eigenvalue weighted by Crippen LogP contribution is 2.24. The van der Waals surface area contributed by atoms with E-state index in [9.17, 15) is 4.79 Å². The number of rotatable bonds is 4. The number of likely N-dealkylation sites (tertiary alicyclic amines) is 1. The van der Waals surface area contributed by atoms with Crippen molar-refractivity contribution in [2.75, 3.05) is 36.4 Å². The quantitative estimate of drug-likeness (QED) is 0.827. The highest BCUT2D eigenvalue weighted by molar-refractivity contribution is 5.93. The zero-order valence-electron chi connectivity index (χ0n) is 17.4. The largest absolute Gasteiger partial charge is 0.372 e. The molecule has 2 fully saturated rings. The Balaban J connectivity index is 1.46. The number of carbonyl (C=O) groups excluding carboxylic acids is 1. The third-order valence-electron chi connectivity index (χ3n) is 5.81. The predicted molar refractivity (Wildman–Crippen MR) is 117 cm³/mol. The van der Waals surface area contributed by atoms with Gasteiger partial charge in [0.2, 0.25) is 0 Å². The molecule has 6 heteroatoms. The molecular weight excluding hydrogens is 362 g/mol. The van der Waals surface area contributed by atoms with Gasteiger partial charge in [-0.25, -0.2) is 9.97 Å². The molecule has 2 aliphatic rings. The van der Waals surface area contributed by atoms with E-state index in [2.05, 4.69) is 44.5 Å². The number of anilines is 3. The van der Waals surface area contributed by atoms with Crippen LogP contribution in [0.25, 0.3) is 0 Å². The number of benzene rings is 1. The summed E-state index contributed by atoms with van der Waals surface area (Å²) in [5.41, 5.74) is 2.72. The molecule has 1 amide bonds. The molecule has 2 aromatic rings. The zero-order valence-corrected chi connectivity index (χ0v) is 17.4. The third-order valence-corrected chi connectivity index (χ3v) is 5.81. The Labute approximate surface area is 173 Å². The third kappa shape index (κ3) is 5.05. The number of hydrogen-bond donors (Lipinski definition) is 1. The summed E-state index contributed by atoms with van der Waals surface area (Å²) in [4.78, 5) is 26.2. The van der Waals surface area contributed by atoms with Gasteiger partial charge in [0.1, 0.15) is 17.3 Å². The Kier molecular flexibility index (Phi) is 6.27. The molecule has 0 radical (unpaired) electrons. The first kappa shape index (κ1) is 19.7. The van der Waals surface area contributed by atoms with Gasteiger partial charge in [-0.1, -0.05) is 12.8 Å². The first-order valence-corrected chi connectivity index (χ1v) is 11.0. The number of hydrogen-bond acceptors (Lipinski definition) is 5. The summed E-state index contributed by atoms with van der Waals surface area (Å²) in [7, 11) is 0. The van der Waals surface area contributed by atoms with Crippen LogP contribution in [0.2, 0.25) is 0 Å². The number of aryl methyl sites for hydroxylation is 1. The van der Waals surface area contributed by atoms with E-state index >= 15 is 0 Å². The van der Waals surface area contributed by atoms with Crippen LogP contribution in [0.4, 0.5) is 17.2 Å². The lowest BCUT2D eigenvalue weighted by Gasteiger charge is -2.28. The topological polar surface area (TPSA) is 61.4 Å². The molecule has 29 heavy (non-hydrogen) atoms. The second kappa shape index (κ2) is 9.25. The van der Waals surface area contributed by atoms with E-state index in [4.69, 9.17) is 0 Å². The van der Waals surface area contributed by atoms with Crippen molar-refractivity contribution >= 4 is 23.1 Å². The van der Waals surface area contributed by atoms with Gasteiger partial charge in [0.05, 0.1) is 0 Å². The average molecular weight is 394 g/mol. The van der Waals surface area contributed by atoms with E-state index in [1.54, 1.807) is 6.07 Å². The van der Waals surface area contributed by atoms with Gasteiger partial charge in [-0.2, -0.15) is 0 Å². The number of nitrogens with zero attached hydrogens (tertiary/aromatic N) is 4. The summed E-state index contributed by atoms with van der Waals surface area (Å²) in [6, 6.07) is 10.3. The smallest absolute Gasteiger partial charge is 0.272 e. The number of aromatic nitrogens is 2. The Morgan fingerprint density at radius 3 is 2.17 bits per heavy atom. The van der Waals surface area contributed by atoms with Gasteiger partial charge in [0, 0.05) is 43.6 Å². The van der Waals surface area contributed by atoms with E-state index in [0.29, 0.717) is 17.3 Å². The maximum absolute atomic E-state index is 12.9. The molecule has 2 aliphatic heterocycles. The molecular formula is C23H31N5O. The number of nitrogens with one attached hydrogen (secondary N) is 1. The van der Waals surface area contributed by atoms with Gasteiger partial charge in [-0.3, -0.25) is 4.79 Å². The summed E-state index contributed by atoms with van der Waals surface area (Å²) in [6.45, 7) is 5.76. The van der Waals surface area contributed by atoms with Crippen molar-refractivity contribution in [3.63, 3.8) is 0 Å². The fourth-order valence-corrected chi connectivity index (χ4v) is 4.23. The molecule has 0 spiro atoms. The first-order chi connectivity index (χ1) is 14.2. The average Bonchev–Trinajstić information content (AvgIpc) is 3.03. The van der Waals surface area contributed by atoms with Gasteiger partial charge < -0.3 is 15.1 Å². The summed E-state index contributed by atoms with van der Waals surface area (Å²) in [6.07, 6.45) is 8.43. The maximum Gasteiger partial charge on any atom is 0.272 e. The Bertz CT molecular complexity index is 822. The van der Waals surface area contributed by atoms with E-state index in [1.165, 1.54) is 37.8 Å². The lowest BCUT2D eigenvalue weighted by molar-refractivity contribution is 0.0755. The van der Waals surface area contributed by atoms with E-state index < -0.39 is 0 Å². The Hall–Kier alpha value is -2.63. The SMILES string of the molecule is Cc1nc(Nc2ccc(N3CCCCC3)cc2)cc(C(=O)N2CCCCCC2)n1. The van der Waals surface area contributed by atoms with Crippen LogP contribution >= 0.6 is 0 Å². The monoisotopic (exact) mass is 393 g/mol. The van der Waals surface area contributed by atoms with Crippen LogP contribution in [-0.2, 0) is 0 Å². The number of amides is 1. The van der Waals surface area contributed by atoms with Gasteiger partial charge in [-0.15, -0.1) is 0 Å². The predicted octanol–water partition coefficient (Wildman–Crippen LogP) is 4.54. The molecule has 0 unspecified atom stereocenters. The van der Waals surface area contributed by atoms with Crippen molar-refractivity contribution in [1.82, 2.24) is 14.9 Å². The van der Waals surface area contributed by atoms with Crippen LogP contribution < -0.4 is 10.2 Å². The van der Waals surface area contributed by atoms with E-state index in [0.717, 1.165) is 44.7 Å². The molecule has 6 nitrogen and oxygen atoms in total. The van der Waals surface area contributed by atoms with Crippen molar-refractivity contribution in [2.24, 2.45) is 0 Å². The summed E-state index contributed by atoms with van der Waals surface area (Å²) in [5.74, 6) is 1.29. The van der Waals surface area contributed by atoms with Gasteiger partial charge in [0.25, 0.3) is 5.91 Å². The second-order valence-corrected chi connectivity index (χ2v) is 8.11.